The lowest BCUT2D eigenvalue weighted by Crippen LogP contribution is -2.50. The highest BCUT2D eigenvalue weighted by Gasteiger charge is 2.27. The molecule has 4 rings (SSSR count). The molecule has 0 fully saturated rings. The second kappa shape index (κ2) is 6.95. The van der Waals surface area contributed by atoms with E-state index in [0.29, 0.717) is 28.1 Å². The molecular formula is C20H17N3O4. The second-order valence-electron chi connectivity index (χ2n) is 6.14. The predicted octanol–water partition coefficient (Wildman–Crippen LogP) is 2.14. The largest absolute Gasteiger partial charge is 0.485 e. The summed E-state index contributed by atoms with van der Waals surface area (Å²) in [6, 6.07) is 16.1. The van der Waals surface area contributed by atoms with E-state index in [0.717, 1.165) is 5.52 Å². The lowest BCUT2D eigenvalue weighted by Gasteiger charge is -2.25. The molecule has 0 saturated carbocycles. The Morgan fingerprint density at radius 2 is 1.78 bits per heavy atom. The number of pyridine rings is 1. The number of aryl methyl sites for hydroxylation is 1. The van der Waals surface area contributed by atoms with Gasteiger partial charge in [-0.15, -0.1) is 0 Å². The highest BCUT2D eigenvalue weighted by atomic mass is 16.6. The van der Waals surface area contributed by atoms with Gasteiger partial charge in [-0.2, -0.15) is 0 Å². The predicted molar refractivity (Wildman–Crippen MR) is 98.4 cm³/mol. The topological polar surface area (TPSA) is 89.6 Å². The summed E-state index contributed by atoms with van der Waals surface area (Å²) in [4.78, 5) is 29.3. The summed E-state index contributed by atoms with van der Waals surface area (Å²) in [6.07, 6.45) is -0.851. The molecular weight excluding hydrogens is 346 g/mol. The molecule has 2 amide bonds. The fourth-order valence-electron chi connectivity index (χ4n) is 2.91. The van der Waals surface area contributed by atoms with Crippen LogP contribution in [0.15, 0.2) is 54.6 Å². The van der Waals surface area contributed by atoms with Gasteiger partial charge in [-0.3, -0.25) is 25.4 Å². The summed E-state index contributed by atoms with van der Waals surface area (Å²) in [5, 5.41) is 0.709. The first-order valence-corrected chi connectivity index (χ1v) is 8.47. The van der Waals surface area contributed by atoms with Gasteiger partial charge in [0.2, 0.25) is 6.10 Å². The second-order valence-corrected chi connectivity index (χ2v) is 6.14. The number of hydrogen-bond donors (Lipinski definition) is 2. The molecule has 0 bridgehead atoms. The van der Waals surface area contributed by atoms with Crippen LogP contribution in [0.3, 0.4) is 0 Å². The van der Waals surface area contributed by atoms with Gasteiger partial charge in [0.15, 0.2) is 11.5 Å². The van der Waals surface area contributed by atoms with Crippen molar-refractivity contribution in [1.29, 1.82) is 0 Å². The smallest absolute Gasteiger partial charge is 0.283 e. The minimum absolute atomic E-state index is 0.0655. The van der Waals surface area contributed by atoms with E-state index in [1.165, 1.54) is 0 Å². The van der Waals surface area contributed by atoms with Gasteiger partial charge < -0.3 is 9.47 Å². The summed E-state index contributed by atoms with van der Waals surface area (Å²) in [5.41, 5.74) is 6.70. The van der Waals surface area contributed by atoms with E-state index in [4.69, 9.17) is 9.47 Å². The third-order valence-electron chi connectivity index (χ3n) is 4.19. The van der Waals surface area contributed by atoms with Gasteiger partial charge >= 0.3 is 0 Å². The van der Waals surface area contributed by atoms with Crippen LogP contribution in [0.5, 0.6) is 11.5 Å². The SMILES string of the molecule is Cc1cc(C(=O)NNC(=O)[C@@H]2COc3ccccc3O2)c2ccccc2n1. The maximum absolute atomic E-state index is 12.6. The van der Waals surface area contributed by atoms with Crippen molar-refractivity contribution in [1.82, 2.24) is 15.8 Å². The third kappa shape index (κ3) is 3.39. The van der Waals surface area contributed by atoms with Crippen molar-refractivity contribution in [2.75, 3.05) is 6.61 Å². The zero-order valence-corrected chi connectivity index (χ0v) is 14.6. The van der Waals surface area contributed by atoms with Gasteiger partial charge in [0, 0.05) is 11.1 Å². The number of nitrogens with one attached hydrogen (secondary N) is 2. The summed E-state index contributed by atoms with van der Waals surface area (Å²) < 4.78 is 11.1. The minimum atomic E-state index is -0.851. The van der Waals surface area contributed by atoms with Crippen LogP contribution < -0.4 is 20.3 Å². The summed E-state index contributed by atoms with van der Waals surface area (Å²) >= 11 is 0. The molecule has 2 N–H and O–H groups in total. The normalized spacial score (nSPS) is 15.2. The van der Waals surface area contributed by atoms with Crippen LogP contribution in [0.1, 0.15) is 16.1 Å². The number of fused-ring (bicyclic) bond motifs is 2. The Morgan fingerprint density at radius 3 is 2.63 bits per heavy atom. The number of rotatable bonds is 2. The number of hydrazine groups is 1. The molecule has 0 unspecified atom stereocenters. The van der Waals surface area contributed by atoms with E-state index in [1.807, 2.05) is 37.3 Å². The number of amides is 2. The van der Waals surface area contributed by atoms with Crippen LogP contribution in [0.2, 0.25) is 0 Å². The van der Waals surface area contributed by atoms with Crippen LogP contribution in [0.4, 0.5) is 0 Å². The fraction of sp³-hybridized carbons (Fsp3) is 0.150. The van der Waals surface area contributed by atoms with Crippen molar-refractivity contribution >= 4 is 22.7 Å². The van der Waals surface area contributed by atoms with Crippen molar-refractivity contribution in [2.45, 2.75) is 13.0 Å². The van der Waals surface area contributed by atoms with Crippen LogP contribution >= 0.6 is 0 Å². The van der Waals surface area contributed by atoms with Gasteiger partial charge in [0.05, 0.1) is 11.1 Å². The Labute approximate surface area is 155 Å². The number of nitrogens with zero attached hydrogens (tertiary/aromatic N) is 1. The highest BCUT2D eigenvalue weighted by molar-refractivity contribution is 6.06. The maximum atomic E-state index is 12.6. The van der Waals surface area contributed by atoms with E-state index in [1.54, 1.807) is 24.3 Å². The molecule has 0 saturated heterocycles. The van der Waals surface area contributed by atoms with Gasteiger partial charge in [-0.1, -0.05) is 30.3 Å². The molecule has 7 nitrogen and oxygen atoms in total. The summed E-state index contributed by atoms with van der Waals surface area (Å²) in [5.74, 6) is 0.158. The Morgan fingerprint density at radius 1 is 1.04 bits per heavy atom. The van der Waals surface area contributed by atoms with E-state index >= 15 is 0 Å². The van der Waals surface area contributed by atoms with Gasteiger partial charge in [-0.25, -0.2) is 0 Å². The first kappa shape index (κ1) is 16.8. The molecule has 27 heavy (non-hydrogen) atoms. The number of hydrogen-bond acceptors (Lipinski definition) is 5. The molecule has 0 spiro atoms. The molecule has 1 atom stereocenters. The van der Waals surface area contributed by atoms with Crippen LogP contribution in [0.25, 0.3) is 10.9 Å². The van der Waals surface area contributed by atoms with Crippen molar-refractivity contribution in [2.24, 2.45) is 0 Å². The first-order valence-electron chi connectivity index (χ1n) is 8.47. The molecule has 7 heteroatoms. The zero-order chi connectivity index (χ0) is 18.8. The highest BCUT2D eigenvalue weighted by Crippen LogP contribution is 2.30. The van der Waals surface area contributed by atoms with Crippen LogP contribution in [-0.2, 0) is 4.79 Å². The monoisotopic (exact) mass is 363 g/mol. The lowest BCUT2D eigenvalue weighted by molar-refractivity contribution is -0.131. The third-order valence-corrected chi connectivity index (χ3v) is 4.19. The van der Waals surface area contributed by atoms with Crippen LogP contribution in [-0.4, -0.2) is 29.5 Å². The average Bonchev–Trinajstić information content (AvgIpc) is 2.70. The van der Waals surface area contributed by atoms with Gasteiger partial charge in [0.1, 0.15) is 6.61 Å². The maximum Gasteiger partial charge on any atom is 0.283 e. The zero-order valence-electron chi connectivity index (χ0n) is 14.6. The molecule has 1 aliphatic rings. The van der Waals surface area contributed by atoms with E-state index in [-0.39, 0.29) is 6.61 Å². The molecule has 1 aliphatic heterocycles. The number of benzene rings is 2. The number of carbonyl (C=O) groups excluding carboxylic acids is 2. The van der Waals surface area contributed by atoms with Crippen molar-refractivity contribution in [3.63, 3.8) is 0 Å². The average molecular weight is 363 g/mol. The van der Waals surface area contributed by atoms with E-state index in [9.17, 15) is 9.59 Å². The number of carbonyl (C=O) groups is 2. The Hall–Kier alpha value is -3.61. The molecule has 0 aliphatic carbocycles. The molecule has 3 aromatic rings. The van der Waals surface area contributed by atoms with Crippen molar-refractivity contribution in [3.05, 3.63) is 65.9 Å². The minimum Gasteiger partial charge on any atom is -0.485 e. The van der Waals surface area contributed by atoms with Gasteiger partial charge in [0.25, 0.3) is 11.8 Å². The number of aromatic nitrogens is 1. The van der Waals surface area contributed by atoms with Crippen LogP contribution in [0, 0.1) is 6.92 Å². The Bertz CT molecular complexity index is 1030. The Balaban J connectivity index is 1.45. The molecule has 1 aromatic heterocycles. The standard InChI is InChI=1S/C20H17N3O4/c1-12-10-14(13-6-2-3-7-15(13)21-12)19(24)22-23-20(25)18-11-26-16-8-4-5-9-17(16)27-18/h2-10,18H,11H2,1H3,(H,22,24)(H,23,25)/t18-/m0/s1. The molecule has 136 valence electrons. The lowest BCUT2D eigenvalue weighted by atomic mass is 10.1. The Kier molecular flexibility index (Phi) is 4.33. The number of para-hydroxylation sites is 3. The molecule has 2 aromatic carbocycles. The van der Waals surface area contributed by atoms with E-state index < -0.39 is 17.9 Å². The first-order chi connectivity index (χ1) is 13.1. The summed E-state index contributed by atoms with van der Waals surface area (Å²) in [6.45, 7) is 1.88. The molecule has 0 radical (unpaired) electrons. The van der Waals surface area contributed by atoms with Crippen molar-refractivity contribution < 1.29 is 19.1 Å². The summed E-state index contributed by atoms with van der Waals surface area (Å²) in [7, 11) is 0. The van der Waals surface area contributed by atoms with Crippen molar-refractivity contribution in [3.8, 4) is 11.5 Å². The van der Waals surface area contributed by atoms with E-state index in [2.05, 4.69) is 15.8 Å². The van der Waals surface area contributed by atoms with Gasteiger partial charge in [-0.05, 0) is 31.2 Å². The quantitative estimate of drug-likeness (QED) is 0.681. The number of ether oxygens (including phenoxy) is 2. The molecule has 2 heterocycles. The fourth-order valence-corrected chi connectivity index (χ4v) is 2.91.